The molecular weight excluding hydrogens is 307 g/mol. The third kappa shape index (κ3) is 4.76. The van der Waals surface area contributed by atoms with E-state index in [0.717, 1.165) is 0 Å². The van der Waals surface area contributed by atoms with Crippen LogP contribution in [0, 0.1) is 0 Å². The molecule has 106 valence electrons. The van der Waals surface area contributed by atoms with Gasteiger partial charge in [-0.05, 0) is 12.6 Å². The Morgan fingerprint density at radius 1 is 1.26 bits per heavy atom. The molecule has 0 atom stereocenters. The second-order valence-corrected chi connectivity index (χ2v) is 6.54. The van der Waals surface area contributed by atoms with Gasteiger partial charge in [-0.2, -0.15) is 0 Å². The molecule has 0 bridgehead atoms. The molecule has 0 saturated carbocycles. The Labute approximate surface area is 126 Å². The van der Waals surface area contributed by atoms with E-state index in [1.54, 1.807) is 25.1 Å². The van der Waals surface area contributed by atoms with Crippen LogP contribution in [0.2, 0.25) is 8.67 Å². The van der Waals surface area contributed by atoms with Gasteiger partial charge in [0.2, 0.25) is 5.91 Å². The zero-order chi connectivity index (χ0) is 14.6. The summed E-state index contributed by atoms with van der Waals surface area (Å²) in [5.41, 5.74) is 0.424. The van der Waals surface area contributed by atoms with Gasteiger partial charge in [0.05, 0.1) is 23.0 Å². The van der Waals surface area contributed by atoms with Crippen LogP contribution in [0.25, 0.3) is 0 Å². The fourth-order valence-electron chi connectivity index (χ4n) is 1.43. The first-order chi connectivity index (χ1) is 8.85. The van der Waals surface area contributed by atoms with Crippen LogP contribution >= 0.6 is 34.5 Å². The summed E-state index contributed by atoms with van der Waals surface area (Å²) < 4.78 is 0.880. The van der Waals surface area contributed by atoms with Gasteiger partial charge in [0.1, 0.15) is 4.34 Å². The summed E-state index contributed by atoms with van der Waals surface area (Å²) in [7, 11) is 3.38. The molecule has 0 spiro atoms. The predicted molar refractivity (Wildman–Crippen MR) is 79.5 cm³/mol. The van der Waals surface area contributed by atoms with Crippen LogP contribution in [-0.2, 0) is 4.79 Å². The molecule has 0 N–H and O–H groups in total. The molecule has 1 heterocycles. The molecule has 19 heavy (non-hydrogen) atoms. The summed E-state index contributed by atoms with van der Waals surface area (Å²) in [6.45, 7) is 2.88. The number of thiophene rings is 1. The number of Topliss-reactive ketones (excluding diaryl/α,β-unsaturated/α-hetero) is 1. The Morgan fingerprint density at radius 2 is 1.89 bits per heavy atom. The van der Waals surface area contributed by atoms with Crippen LogP contribution in [-0.4, -0.2) is 55.2 Å². The number of rotatable bonds is 6. The lowest BCUT2D eigenvalue weighted by molar-refractivity contribution is -0.129. The monoisotopic (exact) mass is 322 g/mol. The van der Waals surface area contributed by atoms with Crippen LogP contribution in [0.5, 0.6) is 0 Å². The zero-order valence-corrected chi connectivity index (χ0v) is 13.4. The van der Waals surface area contributed by atoms with E-state index < -0.39 is 0 Å². The van der Waals surface area contributed by atoms with E-state index in [-0.39, 0.29) is 24.8 Å². The lowest BCUT2D eigenvalue weighted by Gasteiger charge is -2.21. The molecule has 0 aliphatic heterocycles. The van der Waals surface area contributed by atoms with Crippen molar-refractivity contribution in [2.45, 2.75) is 6.92 Å². The number of nitrogens with zero attached hydrogens (tertiary/aromatic N) is 2. The largest absolute Gasteiger partial charge is 0.348 e. The van der Waals surface area contributed by atoms with Gasteiger partial charge in [-0.1, -0.05) is 30.1 Å². The molecule has 1 rings (SSSR count). The van der Waals surface area contributed by atoms with E-state index in [0.29, 0.717) is 20.8 Å². The van der Waals surface area contributed by atoms with Crippen molar-refractivity contribution < 1.29 is 9.59 Å². The summed E-state index contributed by atoms with van der Waals surface area (Å²) in [6.07, 6.45) is 0. The molecule has 7 heteroatoms. The SMILES string of the molecule is CCN(CC(=O)c1cc(Cl)sc1Cl)CC(=O)N(C)C. The zero-order valence-electron chi connectivity index (χ0n) is 11.1. The maximum atomic E-state index is 12.1. The second-order valence-electron chi connectivity index (χ2n) is 4.25. The topological polar surface area (TPSA) is 40.6 Å². The highest BCUT2D eigenvalue weighted by atomic mass is 35.5. The number of carbonyl (C=O) groups excluding carboxylic acids is 2. The molecule has 0 radical (unpaired) electrons. The second kappa shape index (κ2) is 7.24. The molecule has 0 saturated heterocycles. The van der Waals surface area contributed by atoms with E-state index in [2.05, 4.69) is 0 Å². The van der Waals surface area contributed by atoms with Crippen molar-refractivity contribution in [2.24, 2.45) is 0 Å². The Morgan fingerprint density at radius 3 is 2.32 bits per heavy atom. The third-order valence-corrected chi connectivity index (χ3v) is 4.12. The Balaban J connectivity index is 2.68. The summed E-state index contributed by atoms with van der Waals surface area (Å²) in [5.74, 6) is -0.161. The van der Waals surface area contributed by atoms with E-state index in [9.17, 15) is 9.59 Å². The number of carbonyl (C=O) groups is 2. The van der Waals surface area contributed by atoms with E-state index in [1.165, 1.54) is 16.2 Å². The highest BCUT2D eigenvalue weighted by Crippen LogP contribution is 2.31. The average Bonchev–Trinajstić information content (AvgIpc) is 2.67. The van der Waals surface area contributed by atoms with Crippen LogP contribution < -0.4 is 0 Å². The van der Waals surface area contributed by atoms with Crippen molar-refractivity contribution in [3.63, 3.8) is 0 Å². The van der Waals surface area contributed by atoms with Gasteiger partial charge in [-0.25, -0.2) is 0 Å². The molecule has 1 aromatic rings. The van der Waals surface area contributed by atoms with Crippen LogP contribution in [0.4, 0.5) is 0 Å². The number of likely N-dealkylation sites (N-methyl/N-ethyl adjacent to an activating group) is 2. The highest BCUT2D eigenvalue weighted by molar-refractivity contribution is 7.20. The fraction of sp³-hybridized carbons (Fsp3) is 0.500. The summed E-state index contributed by atoms with van der Waals surface area (Å²) >= 11 is 12.9. The molecule has 1 aromatic heterocycles. The number of ketones is 1. The van der Waals surface area contributed by atoms with Crippen LogP contribution in [0.15, 0.2) is 6.07 Å². The van der Waals surface area contributed by atoms with Gasteiger partial charge in [-0.15, -0.1) is 11.3 Å². The number of amides is 1. The molecule has 1 amide bonds. The van der Waals surface area contributed by atoms with Crippen molar-refractivity contribution in [3.05, 3.63) is 20.3 Å². The van der Waals surface area contributed by atoms with Crippen molar-refractivity contribution >= 4 is 46.2 Å². The third-order valence-electron chi connectivity index (χ3n) is 2.63. The molecule has 0 aromatic carbocycles. The van der Waals surface area contributed by atoms with Crippen molar-refractivity contribution in [1.29, 1.82) is 0 Å². The standard InChI is InChI=1S/C12H16Cl2N2O2S/c1-4-16(7-11(18)15(2)3)6-9(17)8-5-10(13)19-12(8)14/h5H,4,6-7H2,1-3H3. The van der Waals surface area contributed by atoms with E-state index in [4.69, 9.17) is 23.2 Å². The first-order valence-electron chi connectivity index (χ1n) is 5.75. The quantitative estimate of drug-likeness (QED) is 0.756. The van der Waals surface area contributed by atoms with Gasteiger partial charge in [0.25, 0.3) is 0 Å². The molecule has 0 aliphatic rings. The summed E-state index contributed by atoms with van der Waals surface area (Å²) in [6, 6.07) is 1.57. The number of halogens is 2. The minimum absolute atomic E-state index is 0.0379. The molecule has 0 aliphatic carbocycles. The Hall–Kier alpha value is -0.620. The van der Waals surface area contributed by atoms with Gasteiger partial charge >= 0.3 is 0 Å². The van der Waals surface area contributed by atoms with Gasteiger partial charge in [-0.3, -0.25) is 14.5 Å². The fourth-order valence-corrected chi connectivity index (χ4v) is 2.93. The maximum absolute atomic E-state index is 12.1. The van der Waals surface area contributed by atoms with E-state index in [1.807, 2.05) is 6.92 Å². The van der Waals surface area contributed by atoms with E-state index >= 15 is 0 Å². The Kier molecular flexibility index (Phi) is 6.26. The summed E-state index contributed by atoms with van der Waals surface area (Å²) in [5, 5.41) is 0. The normalized spacial score (nSPS) is 10.8. The molecule has 0 fully saturated rings. The van der Waals surface area contributed by atoms with Gasteiger partial charge < -0.3 is 4.90 Å². The summed E-state index contributed by atoms with van der Waals surface area (Å²) in [4.78, 5) is 27.0. The number of hydrogen-bond acceptors (Lipinski definition) is 4. The average molecular weight is 323 g/mol. The first-order valence-corrected chi connectivity index (χ1v) is 7.33. The first kappa shape index (κ1) is 16.4. The lowest BCUT2D eigenvalue weighted by atomic mass is 10.2. The molecule has 0 unspecified atom stereocenters. The highest BCUT2D eigenvalue weighted by Gasteiger charge is 2.19. The van der Waals surface area contributed by atoms with Crippen LogP contribution in [0.1, 0.15) is 17.3 Å². The minimum atomic E-state index is -0.124. The smallest absolute Gasteiger partial charge is 0.236 e. The van der Waals surface area contributed by atoms with Gasteiger partial charge in [0.15, 0.2) is 5.78 Å². The number of hydrogen-bond donors (Lipinski definition) is 0. The Bertz CT molecular complexity index is 474. The van der Waals surface area contributed by atoms with Crippen molar-refractivity contribution in [3.8, 4) is 0 Å². The molecule has 4 nitrogen and oxygen atoms in total. The van der Waals surface area contributed by atoms with Crippen LogP contribution in [0.3, 0.4) is 0 Å². The molecular formula is C12H16Cl2N2O2S. The van der Waals surface area contributed by atoms with Crippen molar-refractivity contribution in [2.75, 3.05) is 33.7 Å². The predicted octanol–water partition coefficient (Wildman–Crippen LogP) is 2.65. The van der Waals surface area contributed by atoms with Gasteiger partial charge in [0, 0.05) is 14.1 Å². The lowest BCUT2D eigenvalue weighted by Crippen LogP contribution is -2.39. The maximum Gasteiger partial charge on any atom is 0.236 e. The van der Waals surface area contributed by atoms with Crippen molar-refractivity contribution in [1.82, 2.24) is 9.80 Å². The minimum Gasteiger partial charge on any atom is -0.348 e.